The number of benzene rings is 1. The van der Waals surface area contributed by atoms with Gasteiger partial charge in [0.05, 0.1) is 30.7 Å². The molecule has 2 aliphatic rings. The van der Waals surface area contributed by atoms with Crippen molar-refractivity contribution in [2.24, 2.45) is 5.92 Å². The van der Waals surface area contributed by atoms with E-state index in [2.05, 4.69) is 32.5 Å². The number of aromatic nitrogens is 5. The number of aryl methyl sites for hydroxylation is 1. The van der Waals surface area contributed by atoms with E-state index in [1.54, 1.807) is 6.20 Å². The first-order valence-electron chi connectivity index (χ1n) is 10.5. The Balaban J connectivity index is 1.38. The number of amides is 2. The number of nitrogens with zero attached hydrogens (tertiary/aromatic N) is 6. The number of nitrogens with one attached hydrogen (secondary N) is 1. The van der Waals surface area contributed by atoms with Crippen LogP contribution in [0.4, 0.5) is 14.9 Å². The van der Waals surface area contributed by atoms with Gasteiger partial charge in [0.2, 0.25) is 0 Å². The lowest BCUT2D eigenvalue weighted by molar-refractivity contribution is -0.100. The van der Waals surface area contributed by atoms with Crippen LogP contribution in [0.15, 0.2) is 43.0 Å². The fourth-order valence-corrected chi connectivity index (χ4v) is 5.25. The highest BCUT2D eigenvalue weighted by Gasteiger charge is 2.58. The zero-order valence-corrected chi connectivity index (χ0v) is 17.5. The van der Waals surface area contributed by atoms with Crippen molar-refractivity contribution in [2.45, 2.75) is 51.2 Å². The highest BCUT2D eigenvalue weighted by Crippen LogP contribution is 2.50. The molecular formula is C22H24FN7O. The summed E-state index contributed by atoms with van der Waals surface area (Å²) in [6, 6.07) is 5.73. The average Bonchev–Trinajstić information content (AvgIpc) is 3.22. The highest BCUT2D eigenvalue weighted by molar-refractivity contribution is 5.91. The maximum absolute atomic E-state index is 13.3. The maximum Gasteiger partial charge on any atom is 0.322 e. The van der Waals surface area contributed by atoms with Crippen LogP contribution in [0.3, 0.4) is 0 Å². The molecule has 1 N–H and O–H groups in total. The smallest absolute Gasteiger partial charge is 0.314 e. The van der Waals surface area contributed by atoms with Gasteiger partial charge in [-0.3, -0.25) is 4.68 Å². The molecule has 2 saturated heterocycles. The van der Waals surface area contributed by atoms with Crippen LogP contribution in [0.25, 0.3) is 11.4 Å². The summed E-state index contributed by atoms with van der Waals surface area (Å²) < 4.78 is 15.0. The van der Waals surface area contributed by atoms with Crippen LogP contribution >= 0.6 is 0 Å². The van der Waals surface area contributed by atoms with Crippen molar-refractivity contribution in [1.29, 1.82) is 0 Å². The molecule has 3 aromatic rings. The van der Waals surface area contributed by atoms with Gasteiger partial charge in [0, 0.05) is 23.5 Å². The summed E-state index contributed by atoms with van der Waals surface area (Å²) in [5.41, 5.74) is 2.12. The molecule has 0 aliphatic carbocycles. The van der Waals surface area contributed by atoms with E-state index < -0.39 is 5.82 Å². The molecule has 4 heterocycles. The zero-order valence-electron chi connectivity index (χ0n) is 17.5. The fraction of sp³-hybridized carbons (Fsp3) is 0.409. The number of piperidine rings is 1. The summed E-state index contributed by atoms with van der Waals surface area (Å²) in [6.07, 6.45) is 8.72. The quantitative estimate of drug-likeness (QED) is 0.695. The second-order valence-electron chi connectivity index (χ2n) is 8.78. The van der Waals surface area contributed by atoms with E-state index in [1.165, 1.54) is 0 Å². The molecule has 0 saturated carbocycles. The maximum atomic E-state index is 13.3. The van der Waals surface area contributed by atoms with E-state index in [0.29, 0.717) is 24.0 Å². The number of anilines is 1. The zero-order chi connectivity index (χ0) is 21.6. The van der Waals surface area contributed by atoms with Gasteiger partial charge in [0.25, 0.3) is 0 Å². The molecule has 5 rings (SSSR count). The van der Waals surface area contributed by atoms with Crippen molar-refractivity contribution in [3.63, 3.8) is 0 Å². The second kappa shape index (κ2) is 7.40. The summed E-state index contributed by atoms with van der Waals surface area (Å²) >= 11 is 0. The Hall–Kier alpha value is -3.36. The van der Waals surface area contributed by atoms with Gasteiger partial charge in [-0.2, -0.15) is 0 Å². The van der Waals surface area contributed by atoms with Crippen LogP contribution in [-0.2, 0) is 6.54 Å². The van der Waals surface area contributed by atoms with Gasteiger partial charge in [0.1, 0.15) is 0 Å². The van der Waals surface area contributed by atoms with Crippen LogP contribution in [-0.4, -0.2) is 47.5 Å². The molecule has 2 amide bonds. The second-order valence-corrected chi connectivity index (χ2v) is 8.78. The summed E-state index contributed by atoms with van der Waals surface area (Å²) in [6.45, 7) is 4.82. The first-order valence-corrected chi connectivity index (χ1v) is 10.5. The van der Waals surface area contributed by atoms with E-state index >= 15 is 0 Å². The topological polar surface area (TPSA) is 88.8 Å². The number of carbonyl (C=O) groups is 1. The third-order valence-electron chi connectivity index (χ3n) is 6.39. The summed E-state index contributed by atoms with van der Waals surface area (Å²) in [5, 5.41) is 11.1. The van der Waals surface area contributed by atoms with E-state index in [9.17, 15) is 9.18 Å². The first kappa shape index (κ1) is 19.6. The molecule has 0 radical (unpaired) electrons. The van der Waals surface area contributed by atoms with Gasteiger partial charge in [-0.25, -0.2) is 19.2 Å². The van der Waals surface area contributed by atoms with Gasteiger partial charge in [-0.15, -0.1) is 5.10 Å². The van der Waals surface area contributed by atoms with Gasteiger partial charge < -0.3 is 10.2 Å². The molecule has 2 bridgehead atoms. The standard InChI is InChI=1S/C22H24FN7O/c1-14-7-18-10-22(9-14,13-29-6-5-26-28-29)30(18)21(31)27-17-4-3-15(2)19(8-17)20-24-11-16(23)12-25-20/h3-6,8,11-12,14,18H,7,9-10,13H2,1-2H3,(H,27,31). The first-order chi connectivity index (χ1) is 14.9. The van der Waals surface area contributed by atoms with Crippen LogP contribution in [0.5, 0.6) is 0 Å². The lowest BCUT2D eigenvalue weighted by Gasteiger charge is -2.63. The van der Waals surface area contributed by atoms with E-state index in [0.717, 1.165) is 42.8 Å². The molecule has 3 unspecified atom stereocenters. The van der Waals surface area contributed by atoms with E-state index in [-0.39, 0.29) is 17.6 Å². The van der Waals surface area contributed by atoms with Crippen LogP contribution in [0.1, 0.15) is 31.7 Å². The minimum atomic E-state index is -0.484. The summed E-state index contributed by atoms with van der Waals surface area (Å²) in [5.74, 6) is 0.502. The Morgan fingerprint density at radius 1 is 1.29 bits per heavy atom. The molecule has 3 atom stereocenters. The van der Waals surface area contributed by atoms with E-state index in [1.807, 2.05) is 40.9 Å². The third-order valence-corrected chi connectivity index (χ3v) is 6.39. The van der Waals surface area contributed by atoms with E-state index in [4.69, 9.17) is 0 Å². The fourth-order valence-electron chi connectivity index (χ4n) is 5.25. The Morgan fingerprint density at radius 3 is 2.84 bits per heavy atom. The molecule has 8 nitrogen and oxygen atoms in total. The van der Waals surface area contributed by atoms with Gasteiger partial charge >= 0.3 is 6.03 Å². The third kappa shape index (κ3) is 3.54. The number of hydrogen-bond donors (Lipinski definition) is 1. The molecular weight excluding hydrogens is 397 g/mol. The Labute approximate surface area is 179 Å². The van der Waals surface area contributed by atoms with Crippen LogP contribution in [0, 0.1) is 18.7 Å². The predicted molar refractivity (Wildman–Crippen MR) is 113 cm³/mol. The Morgan fingerprint density at radius 2 is 2.10 bits per heavy atom. The predicted octanol–water partition coefficient (Wildman–Crippen LogP) is 3.66. The van der Waals surface area contributed by atoms with Gasteiger partial charge in [-0.1, -0.05) is 18.2 Å². The largest absolute Gasteiger partial charge is 0.322 e. The SMILES string of the molecule is Cc1ccc(NC(=O)N2C3CC(C)CC2(Cn2ccnn2)C3)cc1-c1ncc(F)cn1. The molecule has 0 spiro atoms. The van der Waals surface area contributed by atoms with Crippen molar-refractivity contribution < 1.29 is 9.18 Å². The highest BCUT2D eigenvalue weighted by atomic mass is 19.1. The Kier molecular flexibility index (Phi) is 4.68. The summed E-state index contributed by atoms with van der Waals surface area (Å²) in [4.78, 5) is 23.5. The molecule has 2 aromatic heterocycles. The number of hydrogen-bond acceptors (Lipinski definition) is 5. The Bertz CT molecular complexity index is 1100. The van der Waals surface area contributed by atoms with Crippen molar-refractivity contribution in [2.75, 3.05) is 5.32 Å². The molecule has 9 heteroatoms. The van der Waals surface area contributed by atoms with Crippen LogP contribution in [0.2, 0.25) is 0 Å². The van der Waals surface area contributed by atoms with Crippen molar-refractivity contribution >= 4 is 11.7 Å². The van der Waals surface area contributed by atoms with Crippen molar-refractivity contribution in [3.8, 4) is 11.4 Å². The number of fused-ring (bicyclic) bond motifs is 2. The molecule has 1 aromatic carbocycles. The average molecular weight is 421 g/mol. The number of urea groups is 1. The molecule has 2 aliphatic heterocycles. The molecule has 160 valence electrons. The lowest BCUT2D eigenvalue weighted by atomic mass is 9.64. The van der Waals surface area contributed by atoms with Gasteiger partial charge in [0.15, 0.2) is 11.6 Å². The van der Waals surface area contributed by atoms with Gasteiger partial charge in [-0.05, 0) is 49.8 Å². The number of carbonyl (C=O) groups excluding carboxylic acids is 1. The van der Waals surface area contributed by atoms with Crippen molar-refractivity contribution in [3.05, 3.63) is 54.4 Å². The molecule has 31 heavy (non-hydrogen) atoms. The monoisotopic (exact) mass is 421 g/mol. The normalized spacial score (nSPS) is 24.5. The summed E-state index contributed by atoms with van der Waals surface area (Å²) in [7, 11) is 0. The van der Waals surface area contributed by atoms with Crippen molar-refractivity contribution in [1.82, 2.24) is 29.9 Å². The van der Waals surface area contributed by atoms with Crippen LogP contribution < -0.4 is 5.32 Å². The number of rotatable bonds is 4. The number of halogens is 1. The lowest BCUT2D eigenvalue weighted by Crippen LogP contribution is -2.73. The molecule has 2 fully saturated rings. The minimum Gasteiger partial charge on any atom is -0.314 e. The minimum absolute atomic E-state index is 0.113.